The first kappa shape index (κ1) is 20.9. The molecule has 2 N–H and O–H groups in total. The lowest BCUT2D eigenvalue weighted by molar-refractivity contribution is -0.137. The Hall–Kier alpha value is -1.79. The van der Waals surface area contributed by atoms with Gasteiger partial charge < -0.3 is 15.5 Å². The molecule has 7 heteroatoms. The molecule has 2 aliphatic rings. The van der Waals surface area contributed by atoms with Crippen LogP contribution >= 0.6 is 11.6 Å². The highest BCUT2D eigenvalue weighted by Gasteiger charge is 2.31. The zero-order chi connectivity index (χ0) is 19.9. The quantitative estimate of drug-likeness (QED) is 0.673. The van der Waals surface area contributed by atoms with Crippen molar-refractivity contribution in [1.82, 2.24) is 9.80 Å². The van der Waals surface area contributed by atoms with E-state index in [0.29, 0.717) is 19.4 Å². The van der Waals surface area contributed by atoms with Gasteiger partial charge in [0.1, 0.15) is 6.04 Å². The van der Waals surface area contributed by atoms with Gasteiger partial charge in [-0.05, 0) is 50.4 Å². The Morgan fingerprint density at radius 3 is 2.57 bits per heavy atom. The number of rotatable bonds is 8. The number of halogens is 1. The Bertz CT molecular complexity index is 676. The number of nitrogens with zero attached hydrogens (tertiary/aromatic N) is 3. The summed E-state index contributed by atoms with van der Waals surface area (Å²) < 4.78 is 0. The summed E-state index contributed by atoms with van der Waals surface area (Å²) >= 11 is 6.09. The van der Waals surface area contributed by atoms with Crippen LogP contribution in [-0.4, -0.2) is 66.9 Å². The molecular weight excluding hydrogens is 376 g/mol. The van der Waals surface area contributed by atoms with Crippen LogP contribution in [0, 0.1) is 0 Å². The van der Waals surface area contributed by atoms with Gasteiger partial charge in [0.05, 0.1) is 0 Å². The number of hydrogen-bond donors (Lipinski definition) is 1. The molecule has 0 spiro atoms. The third kappa shape index (κ3) is 5.61. The number of unbranched alkanes of at least 4 members (excludes halogenated alkanes) is 2. The first-order valence-corrected chi connectivity index (χ1v) is 10.7. The highest BCUT2D eigenvalue weighted by molar-refractivity contribution is 6.30. The first-order chi connectivity index (χ1) is 13.5. The molecule has 0 bridgehead atoms. The van der Waals surface area contributed by atoms with E-state index < -0.39 is 0 Å². The SMILES string of the molecule is NC(=O)[C@@H]1CCCN1C(=O)CCCCCN1CCN(c2cccc(Cl)c2)CC1. The fraction of sp³-hybridized carbons (Fsp3) is 0.619. The van der Waals surface area contributed by atoms with Crippen molar-refractivity contribution in [3.8, 4) is 0 Å². The standard InChI is InChI=1S/C21H31ClN4O2/c22-17-6-4-7-18(16-17)25-14-12-24(13-15-25)10-3-1-2-9-20(27)26-11-5-8-19(26)21(23)28/h4,6-7,16,19H,1-3,5,8-15H2,(H2,23,28)/t19-/m0/s1. The monoisotopic (exact) mass is 406 g/mol. The Morgan fingerprint density at radius 1 is 1.07 bits per heavy atom. The van der Waals surface area contributed by atoms with Crippen LogP contribution in [0.1, 0.15) is 38.5 Å². The van der Waals surface area contributed by atoms with Crippen molar-refractivity contribution in [2.45, 2.75) is 44.6 Å². The second kappa shape index (κ2) is 10.1. The van der Waals surface area contributed by atoms with Crippen LogP contribution < -0.4 is 10.6 Å². The molecule has 2 saturated heterocycles. The molecule has 3 rings (SSSR count). The van der Waals surface area contributed by atoms with E-state index in [1.54, 1.807) is 4.90 Å². The maximum absolute atomic E-state index is 12.3. The highest BCUT2D eigenvalue weighted by atomic mass is 35.5. The fourth-order valence-electron chi connectivity index (χ4n) is 4.20. The lowest BCUT2D eigenvalue weighted by atomic mass is 10.1. The van der Waals surface area contributed by atoms with Crippen molar-refractivity contribution in [2.75, 3.05) is 44.2 Å². The summed E-state index contributed by atoms with van der Waals surface area (Å²) in [4.78, 5) is 30.3. The Balaban J connectivity index is 1.29. The number of nitrogens with two attached hydrogens (primary N) is 1. The predicted octanol–water partition coefficient (Wildman–Crippen LogP) is 2.50. The normalized spacial score (nSPS) is 20.5. The minimum Gasteiger partial charge on any atom is -0.369 e. The molecule has 28 heavy (non-hydrogen) atoms. The zero-order valence-electron chi connectivity index (χ0n) is 16.5. The van der Waals surface area contributed by atoms with Crippen LogP contribution in [0.15, 0.2) is 24.3 Å². The molecule has 2 fully saturated rings. The molecular formula is C21H31ClN4O2. The molecule has 0 aromatic heterocycles. The number of carbonyl (C=O) groups excluding carboxylic acids is 2. The van der Waals surface area contributed by atoms with Gasteiger partial charge in [0.15, 0.2) is 0 Å². The molecule has 1 atom stereocenters. The minimum absolute atomic E-state index is 0.0800. The molecule has 1 aromatic rings. The third-order valence-electron chi connectivity index (χ3n) is 5.81. The number of benzene rings is 1. The molecule has 2 heterocycles. The van der Waals surface area contributed by atoms with Crippen molar-refractivity contribution in [3.63, 3.8) is 0 Å². The topological polar surface area (TPSA) is 69.9 Å². The van der Waals surface area contributed by atoms with E-state index in [0.717, 1.165) is 63.4 Å². The number of amides is 2. The fourth-order valence-corrected chi connectivity index (χ4v) is 4.38. The summed E-state index contributed by atoms with van der Waals surface area (Å²) in [7, 11) is 0. The van der Waals surface area contributed by atoms with Crippen molar-refractivity contribution in [3.05, 3.63) is 29.3 Å². The van der Waals surface area contributed by atoms with Gasteiger partial charge >= 0.3 is 0 Å². The second-order valence-corrected chi connectivity index (χ2v) is 8.20. The number of piperazine rings is 1. The molecule has 154 valence electrons. The van der Waals surface area contributed by atoms with Gasteiger partial charge in [-0.2, -0.15) is 0 Å². The van der Waals surface area contributed by atoms with Crippen LogP contribution in [0.5, 0.6) is 0 Å². The van der Waals surface area contributed by atoms with Gasteiger partial charge in [-0.3, -0.25) is 14.5 Å². The molecule has 0 aliphatic carbocycles. The third-order valence-corrected chi connectivity index (χ3v) is 6.05. The van der Waals surface area contributed by atoms with E-state index in [2.05, 4.69) is 15.9 Å². The van der Waals surface area contributed by atoms with Crippen molar-refractivity contribution >= 4 is 29.1 Å². The Morgan fingerprint density at radius 2 is 1.86 bits per heavy atom. The van der Waals surface area contributed by atoms with Gasteiger partial charge in [0.25, 0.3) is 0 Å². The van der Waals surface area contributed by atoms with E-state index in [4.69, 9.17) is 17.3 Å². The van der Waals surface area contributed by atoms with Crippen LogP contribution in [0.3, 0.4) is 0 Å². The predicted molar refractivity (Wildman–Crippen MR) is 113 cm³/mol. The maximum atomic E-state index is 12.3. The molecule has 0 unspecified atom stereocenters. The summed E-state index contributed by atoms with van der Waals surface area (Å²) in [6.45, 7) is 5.89. The largest absolute Gasteiger partial charge is 0.369 e. The molecule has 6 nitrogen and oxygen atoms in total. The lowest BCUT2D eigenvalue weighted by Crippen LogP contribution is -2.46. The van der Waals surface area contributed by atoms with Gasteiger partial charge in [-0.25, -0.2) is 0 Å². The summed E-state index contributed by atoms with van der Waals surface area (Å²) in [6, 6.07) is 7.66. The zero-order valence-corrected chi connectivity index (χ0v) is 17.2. The van der Waals surface area contributed by atoms with Crippen molar-refractivity contribution < 1.29 is 9.59 Å². The van der Waals surface area contributed by atoms with Crippen molar-refractivity contribution in [1.29, 1.82) is 0 Å². The van der Waals surface area contributed by atoms with Gasteiger partial charge in [-0.1, -0.05) is 24.1 Å². The number of anilines is 1. The number of hydrogen-bond acceptors (Lipinski definition) is 4. The van der Waals surface area contributed by atoms with E-state index >= 15 is 0 Å². The Labute approximate surface area is 172 Å². The second-order valence-electron chi connectivity index (χ2n) is 7.77. The van der Waals surface area contributed by atoms with Crippen LogP contribution in [0.4, 0.5) is 5.69 Å². The molecule has 1 aromatic carbocycles. The summed E-state index contributed by atoms with van der Waals surface area (Å²) in [5.74, 6) is -0.292. The highest BCUT2D eigenvalue weighted by Crippen LogP contribution is 2.21. The number of likely N-dealkylation sites (tertiary alicyclic amines) is 1. The summed E-state index contributed by atoms with van der Waals surface area (Å²) in [5, 5.41) is 0.783. The average Bonchev–Trinajstić information content (AvgIpc) is 3.18. The van der Waals surface area contributed by atoms with Crippen LogP contribution in [0.2, 0.25) is 5.02 Å². The van der Waals surface area contributed by atoms with Crippen LogP contribution in [-0.2, 0) is 9.59 Å². The van der Waals surface area contributed by atoms with Gasteiger partial charge in [0.2, 0.25) is 11.8 Å². The van der Waals surface area contributed by atoms with Gasteiger partial charge in [-0.15, -0.1) is 0 Å². The summed E-state index contributed by atoms with van der Waals surface area (Å²) in [6.07, 6.45) is 5.12. The average molecular weight is 407 g/mol. The molecule has 0 radical (unpaired) electrons. The summed E-state index contributed by atoms with van der Waals surface area (Å²) in [5.41, 5.74) is 6.59. The van der Waals surface area contributed by atoms with E-state index in [1.807, 2.05) is 18.2 Å². The molecule has 2 aliphatic heterocycles. The van der Waals surface area contributed by atoms with E-state index in [-0.39, 0.29) is 17.9 Å². The minimum atomic E-state index is -0.386. The van der Waals surface area contributed by atoms with Crippen LogP contribution in [0.25, 0.3) is 0 Å². The lowest BCUT2D eigenvalue weighted by Gasteiger charge is -2.36. The Kier molecular flexibility index (Phi) is 7.57. The van der Waals surface area contributed by atoms with Crippen molar-refractivity contribution in [2.24, 2.45) is 5.73 Å². The number of primary amides is 1. The number of carbonyl (C=O) groups is 2. The first-order valence-electron chi connectivity index (χ1n) is 10.4. The molecule has 2 amide bonds. The van der Waals surface area contributed by atoms with Gasteiger partial charge in [0, 0.05) is 49.9 Å². The molecule has 0 saturated carbocycles. The maximum Gasteiger partial charge on any atom is 0.240 e. The van der Waals surface area contributed by atoms with E-state index in [1.165, 1.54) is 5.69 Å². The van der Waals surface area contributed by atoms with E-state index in [9.17, 15) is 9.59 Å². The smallest absolute Gasteiger partial charge is 0.240 e.